The maximum absolute atomic E-state index is 13.3. The third kappa shape index (κ3) is 3.54. The molecule has 1 rings (SSSR count). The van der Waals surface area contributed by atoms with E-state index < -0.39 is 23.8 Å². The van der Waals surface area contributed by atoms with E-state index in [0.29, 0.717) is 13.0 Å². The molecule has 19 heavy (non-hydrogen) atoms. The van der Waals surface area contributed by atoms with Gasteiger partial charge in [0.2, 0.25) is 0 Å². The topological polar surface area (TPSA) is 9.23 Å². The monoisotopic (exact) mass is 286 g/mol. The standard InChI is InChI=1S/C12H12F6O/c1-2-7-19-9-5-3-8(4-6-9)10(13)11(14,15)12(16,17)18/h3-6,10H,2,7H2,1H3. The van der Waals surface area contributed by atoms with E-state index in [2.05, 4.69) is 0 Å². The fourth-order valence-electron chi connectivity index (χ4n) is 1.31. The van der Waals surface area contributed by atoms with Crippen molar-refractivity contribution >= 4 is 0 Å². The van der Waals surface area contributed by atoms with Crippen molar-refractivity contribution in [2.75, 3.05) is 6.61 Å². The molecular weight excluding hydrogens is 274 g/mol. The van der Waals surface area contributed by atoms with Crippen LogP contribution in [-0.2, 0) is 0 Å². The van der Waals surface area contributed by atoms with Gasteiger partial charge in [0.1, 0.15) is 5.75 Å². The van der Waals surface area contributed by atoms with Gasteiger partial charge in [0.15, 0.2) is 6.17 Å². The molecule has 0 fully saturated rings. The number of hydrogen-bond acceptors (Lipinski definition) is 1. The van der Waals surface area contributed by atoms with Crippen molar-refractivity contribution in [1.82, 2.24) is 0 Å². The highest BCUT2D eigenvalue weighted by Crippen LogP contribution is 2.46. The number of alkyl halides is 6. The number of rotatable bonds is 5. The van der Waals surface area contributed by atoms with Crippen LogP contribution < -0.4 is 4.74 Å². The summed E-state index contributed by atoms with van der Waals surface area (Å²) in [5, 5.41) is 0. The van der Waals surface area contributed by atoms with E-state index in [9.17, 15) is 26.3 Å². The Bertz CT molecular complexity index is 398. The Kier molecular flexibility index (Phi) is 4.70. The minimum absolute atomic E-state index is 0.285. The Hall–Kier alpha value is -1.40. The van der Waals surface area contributed by atoms with E-state index in [1.165, 1.54) is 0 Å². The molecule has 0 radical (unpaired) electrons. The largest absolute Gasteiger partial charge is 0.494 e. The molecule has 0 aliphatic heterocycles. The van der Waals surface area contributed by atoms with Gasteiger partial charge in [-0.15, -0.1) is 0 Å². The fraction of sp³-hybridized carbons (Fsp3) is 0.500. The number of halogens is 6. The summed E-state index contributed by atoms with van der Waals surface area (Å²) in [5.74, 6) is -5.13. The Morgan fingerprint density at radius 1 is 1.05 bits per heavy atom. The second-order valence-corrected chi connectivity index (χ2v) is 3.90. The SMILES string of the molecule is CCCOc1ccc(C(F)C(F)(F)C(F)(F)F)cc1. The molecule has 1 nitrogen and oxygen atoms in total. The second-order valence-electron chi connectivity index (χ2n) is 3.90. The summed E-state index contributed by atoms with van der Waals surface area (Å²) in [7, 11) is 0. The van der Waals surface area contributed by atoms with Crippen LogP contribution in [0, 0.1) is 0 Å². The Labute approximate surface area is 106 Å². The number of hydrogen-bond donors (Lipinski definition) is 0. The lowest BCUT2D eigenvalue weighted by molar-refractivity contribution is -0.305. The molecule has 0 aliphatic carbocycles. The van der Waals surface area contributed by atoms with Crippen LogP contribution in [0.1, 0.15) is 25.1 Å². The van der Waals surface area contributed by atoms with E-state index in [-0.39, 0.29) is 5.75 Å². The van der Waals surface area contributed by atoms with Crippen LogP contribution >= 0.6 is 0 Å². The lowest BCUT2D eigenvalue weighted by Gasteiger charge is -2.23. The van der Waals surface area contributed by atoms with E-state index in [1.54, 1.807) is 0 Å². The Morgan fingerprint density at radius 3 is 2.00 bits per heavy atom. The first-order valence-corrected chi connectivity index (χ1v) is 5.51. The third-order valence-electron chi connectivity index (χ3n) is 2.34. The van der Waals surface area contributed by atoms with Crippen LogP contribution in [0.5, 0.6) is 5.75 Å². The number of ether oxygens (including phenoxy) is 1. The molecule has 7 heteroatoms. The van der Waals surface area contributed by atoms with Gasteiger partial charge in [-0.25, -0.2) is 4.39 Å². The molecule has 1 atom stereocenters. The van der Waals surface area contributed by atoms with Crippen molar-refractivity contribution in [2.24, 2.45) is 0 Å². The second kappa shape index (κ2) is 5.71. The molecule has 108 valence electrons. The maximum Gasteiger partial charge on any atom is 0.456 e. The van der Waals surface area contributed by atoms with E-state index in [1.807, 2.05) is 6.92 Å². The summed E-state index contributed by atoms with van der Waals surface area (Å²) in [6.07, 6.45) is -8.66. The van der Waals surface area contributed by atoms with Crippen molar-refractivity contribution < 1.29 is 31.1 Å². The molecule has 1 unspecified atom stereocenters. The summed E-state index contributed by atoms with van der Waals surface area (Å²) in [5.41, 5.74) is -0.744. The van der Waals surface area contributed by atoms with Crippen LogP contribution in [0.15, 0.2) is 24.3 Å². The molecule has 1 aromatic rings. The Morgan fingerprint density at radius 2 is 1.58 bits per heavy atom. The summed E-state index contributed by atoms with van der Waals surface area (Å²) in [6, 6.07) is 4.03. The normalized spacial score (nSPS) is 14.3. The zero-order valence-corrected chi connectivity index (χ0v) is 9.98. The van der Waals surface area contributed by atoms with Crippen molar-refractivity contribution in [3.63, 3.8) is 0 Å². The van der Waals surface area contributed by atoms with E-state index >= 15 is 0 Å². The van der Waals surface area contributed by atoms with Crippen LogP contribution in [0.2, 0.25) is 0 Å². The van der Waals surface area contributed by atoms with E-state index in [4.69, 9.17) is 4.74 Å². The van der Waals surface area contributed by atoms with Gasteiger partial charge in [-0.2, -0.15) is 22.0 Å². The molecule has 0 N–H and O–H groups in total. The molecule has 0 amide bonds. The van der Waals surface area contributed by atoms with Gasteiger partial charge < -0.3 is 4.74 Å². The minimum Gasteiger partial charge on any atom is -0.494 e. The summed E-state index contributed by atoms with van der Waals surface area (Å²) >= 11 is 0. The molecule has 0 saturated heterocycles. The smallest absolute Gasteiger partial charge is 0.456 e. The van der Waals surface area contributed by atoms with Crippen molar-refractivity contribution in [1.29, 1.82) is 0 Å². The summed E-state index contributed by atoms with van der Waals surface area (Å²) in [6.45, 7) is 2.22. The average molecular weight is 286 g/mol. The van der Waals surface area contributed by atoms with Gasteiger partial charge >= 0.3 is 12.1 Å². The number of benzene rings is 1. The predicted octanol–water partition coefficient (Wildman–Crippen LogP) is 4.68. The summed E-state index contributed by atoms with van der Waals surface area (Å²) < 4.78 is 80.0. The minimum atomic E-state index is -5.93. The molecule has 0 spiro atoms. The van der Waals surface area contributed by atoms with Crippen LogP contribution in [0.3, 0.4) is 0 Å². The quantitative estimate of drug-likeness (QED) is 0.714. The van der Waals surface area contributed by atoms with Crippen LogP contribution in [0.25, 0.3) is 0 Å². The average Bonchev–Trinajstić information content (AvgIpc) is 2.34. The highest BCUT2D eigenvalue weighted by molar-refractivity contribution is 5.29. The van der Waals surface area contributed by atoms with Gasteiger partial charge in [-0.1, -0.05) is 19.1 Å². The maximum atomic E-state index is 13.3. The third-order valence-corrected chi connectivity index (χ3v) is 2.34. The first kappa shape index (κ1) is 15.7. The summed E-state index contributed by atoms with van der Waals surface area (Å²) in [4.78, 5) is 0. The lowest BCUT2D eigenvalue weighted by Crippen LogP contribution is -2.40. The zero-order valence-electron chi connectivity index (χ0n) is 9.98. The molecule has 0 aromatic heterocycles. The van der Waals surface area contributed by atoms with Gasteiger partial charge in [-0.3, -0.25) is 0 Å². The zero-order chi connectivity index (χ0) is 14.7. The molecule has 0 saturated carbocycles. The van der Waals surface area contributed by atoms with Gasteiger partial charge in [-0.05, 0) is 24.1 Å². The van der Waals surface area contributed by atoms with Crippen molar-refractivity contribution in [3.8, 4) is 5.75 Å². The molecule has 0 heterocycles. The van der Waals surface area contributed by atoms with Gasteiger partial charge in [0.25, 0.3) is 0 Å². The molecule has 0 bridgehead atoms. The predicted molar refractivity (Wildman–Crippen MR) is 57.1 cm³/mol. The van der Waals surface area contributed by atoms with Crippen molar-refractivity contribution in [3.05, 3.63) is 29.8 Å². The Balaban J connectivity index is 2.86. The first-order valence-electron chi connectivity index (χ1n) is 5.51. The lowest BCUT2D eigenvalue weighted by atomic mass is 10.0. The fourth-order valence-corrected chi connectivity index (χ4v) is 1.31. The highest BCUT2D eigenvalue weighted by Gasteiger charge is 2.63. The highest BCUT2D eigenvalue weighted by atomic mass is 19.4. The van der Waals surface area contributed by atoms with Crippen LogP contribution in [0.4, 0.5) is 26.3 Å². The van der Waals surface area contributed by atoms with Crippen LogP contribution in [-0.4, -0.2) is 18.7 Å². The molecular formula is C12H12F6O. The van der Waals surface area contributed by atoms with Gasteiger partial charge in [0, 0.05) is 0 Å². The van der Waals surface area contributed by atoms with Crippen molar-refractivity contribution in [2.45, 2.75) is 31.6 Å². The first-order chi connectivity index (χ1) is 8.70. The van der Waals surface area contributed by atoms with Gasteiger partial charge in [0.05, 0.1) is 6.61 Å². The molecule has 1 aromatic carbocycles. The van der Waals surface area contributed by atoms with E-state index in [0.717, 1.165) is 24.3 Å². The molecule has 0 aliphatic rings.